The molecule has 18 heteroatoms. The van der Waals surface area contributed by atoms with Crippen molar-refractivity contribution in [2.24, 2.45) is 5.41 Å². The van der Waals surface area contributed by atoms with Gasteiger partial charge in [0.1, 0.15) is 17.1 Å². The molecule has 1 atom stereocenters. The average molecular weight is 959 g/mol. The lowest BCUT2D eigenvalue weighted by atomic mass is 9.72. The molecule has 2 aliphatic heterocycles. The van der Waals surface area contributed by atoms with Gasteiger partial charge in [0.25, 0.3) is 21.6 Å². The topological polar surface area (TPSA) is 191 Å². The van der Waals surface area contributed by atoms with E-state index in [0.29, 0.717) is 61.9 Å². The van der Waals surface area contributed by atoms with Gasteiger partial charge in [-0.1, -0.05) is 49.2 Å². The van der Waals surface area contributed by atoms with Gasteiger partial charge in [0.05, 0.1) is 35.3 Å². The number of carbonyl (C=O) groups excluding carboxylic acids is 1. The number of ether oxygens (including phenoxy) is 1. The summed E-state index contributed by atoms with van der Waals surface area (Å²) in [6.07, 6.45) is 8.09. The van der Waals surface area contributed by atoms with Crippen LogP contribution in [0.15, 0.2) is 95.7 Å². The van der Waals surface area contributed by atoms with E-state index in [1.807, 2.05) is 18.2 Å². The van der Waals surface area contributed by atoms with Crippen LogP contribution < -0.4 is 14.4 Å². The Morgan fingerprint density at radius 1 is 1.03 bits per heavy atom. The fourth-order valence-corrected chi connectivity index (χ4v) is 12.0. The standard InChI is InChI=1S/C48H57ClN7O8PS/c1-48(2)16-14-36(43(29-48)33-4-8-37(49)9-5-33)31-53-18-20-54(21-19-53)38-11-13-42(45(27-38)64-40-26-35-15-17-50-46(35)51-30-40)47(58)52-66(62,63)41-12-7-34(44(28-41)56(59)60)6-10-39(32-57)55-22-24-65(3,61)25-23-55/h4-5,7-9,11-13,15,17,26-28,30,39,57H,6,10,14,16,18-25,29,31-32H2,1-3H3,(H,50,51)(H,52,58). The monoisotopic (exact) mass is 957 g/mol. The number of fused-ring (bicyclic) bond motifs is 1. The number of anilines is 1. The summed E-state index contributed by atoms with van der Waals surface area (Å²) in [6, 6.07) is 20.0. The number of rotatable bonds is 15. The van der Waals surface area contributed by atoms with Crippen LogP contribution in [-0.4, -0.2) is 122 Å². The van der Waals surface area contributed by atoms with Gasteiger partial charge < -0.3 is 24.3 Å². The molecule has 3 aromatic carbocycles. The molecule has 2 fully saturated rings. The number of hydrogen-bond acceptors (Lipinski definition) is 12. The van der Waals surface area contributed by atoms with E-state index >= 15 is 0 Å². The van der Waals surface area contributed by atoms with Crippen LogP contribution >= 0.6 is 18.7 Å². The summed E-state index contributed by atoms with van der Waals surface area (Å²) in [7, 11) is -6.80. The van der Waals surface area contributed by atoms with Crippen LogP contribution in [0.2, 0.25) is 5.02 Å². The molecular weight excluding hydrogens is 901 g/mol. The van der Waals surface area contributed by atoms with Crippen LogP contribution in [0.1, 0.15) is 61.0 Å². The molecule has 0 radical (unpaired) electrons. The summed E-state index contributed by atoms with van der Waals surface area (Å²) in [5.74, 6) is -0.535. The molecule has 0 saturated carbocycles. The zero-order valence-corrected chi connectivity index (χ0v) is 40.0. The van der Waals surface area contributed by atoms with E-state index in [-0.39, 0.29) is 35.8 Å². The predicted molar refractivity (Wildman–Crippen MR) is 259 cm³/mol. The number of hydrogen-bond donors (Lipinski definition) is 3. The summed E-state index contributed by atoms with van der Waals surface area (Å²) in [5, 5.41) is 23.9. The number of allylic oxidation sites excluding steroid dienone is 1. The summed E-state index contributed by atoms with van der Waals surface area (Å²) < 4.78 is 48.5. The number of aliphatic hydroxyl groups excluding tert-OH is 1. The number of aromatic amines is 1. The highest BCUT2D eigenvalue weighted by Crippen LogP contribution is 2.45. The molecule has 1 unspecified atom stereocenters. The van der Waals surface area contributed by atoms with E-state index in [0.717, 1.165) is 61.1 Å². The Morgan fingerprint density at radius 2 is 1.77 bits per heavy atom. The molecule has 15 nitrogen and oxygen atoms in total. The van der Waals surface area contributed by atoms with Crippen LogP contribution in [0.25, 0.3) is 16.6 Å². The van der Waals surface area contributed by atoms with Crippen LogP contribution in [0.5, 0.6) is 11.5 Å². The molecule has 3 aliphatic rings. The number of nitro benzene ring substituents is 1. The van der Waals surface area contributed by atoms with Crippen LogP contribution in [-0.2, 0) is 21.0 Å². The SMILES string of the molecule is CC1(C)CCC(CN2CCN(c3ccc(C(=O)NS(=O)(=O)c4ccc(CCC(CO)N5CCP(C)(=O)CC5)c([N+](=O)[O-])c4)c(Oc4cnc5[nH]ccc5c4)c3)CC2)=C(c2ccc(Cl)cc2)C1. The van der Waals surface area contributed by atoms with Crippen molar-refractivity contribution in [1.82, 2.24) is 24.5 Å². The molecule has 2 aromatic heterocycles. The van der Waals surface area contributed by atoms with Gasteiger partial charge in [-0.2, -0.15) is 0 Å². The van der Waals surface area contributed by atoms with Crippen molar-refractivity contribution in [2.45, 2.75) is 56.9 Å². The number of piperazine rings is 1. The van der Waals surface area contributed by atoms with E-state index in [2.05, 4.69) is 55.4 Å². The Hall–Kier alpha value is -5.09. The van der Waals surface area contributed by atoms with Gasteiger partial charge in [-0.3, -0.25) is 24.7 Å². The molecule has 350 valence electrons. The largest absolute Gasteiger partial charge is 0.455 e. The number of nitrogens with one attached hydrogen (secondary N) is 2. The highest BCUT2D eigenvalue weighted by atomic mass is 35.5. The zero-order valence-electron chi connectivity index (χ0n) is 37.5. The molecule has 8 rings (SSSR count). The smallest absolute Gasteiger partial charge is 0.273 e. The van der Waals surface area contributed by atoms with E-state index in [9.17, 15) is 33.0 Å². The number of aliphatic hydroxyl groups is 1. The number of aryl methyl sites for hydroxylation is 1. The van der Waals surface area contributed by atoms with Crippen molar-refractivity contribution >= 4 is 62.7 Å². The van der Waals surface area contributed by atoms with Gasteiger partial charge in [-0.15, -0.1) is 0 Å². The summed E-state index contributed by atoms with van der Waals surface area (Å²) in [5.41, 5.74) is 5.55. The lowest BCUT2D eigenvalue weighted by molar-refractivity contribution is -0.385. The van der Waals surface area contributed by atoms with E-state index < -0.39 is 38.6 Å². The highest BCUT2D eigenvalue weighted by molar-refractivity contribution is 7.90. The third kappa shape index (κ3) is 11.2. The number of nitro groups is 1. The number of benzene rings is 3. The van der Waals surface area contributed by atoms with Crippen LogP contribution in [0.4, 0.5) is 11.4 Å². The summed E-state index contributed by atoms with van der Waals surface area (Å²) in [6.45, 7) is 11.3. The lowest BCUT2D eigenvalue weighted by Gasteiger charge is -2.39. The van der Waals surface area contributed by atoms with Gasteiger partial charge in [-0.05, 0) is 97.8 Å². The van der Waals surface area contributed by atoms with Gasteiger partial charge in [0.2, 0.25) is 0 Å². The van der Waals surface area contributed by atoms with E-state index in [1.165, 1.54) is 41.1 Å². The number of pyridine rings is 1. The van der Waals surface area contributed by atoms with Crippen molar-refractivity contribution < 1.29 is 32.5 Å². The Kier molecular flexibility index (Phi) is 14.1. The van der Waals surface area contributed by atoms with Gasteiger partial charge in [0.15, 0.2) is 0 Å². The first-order chi connectivity index (χ1) is 31.5. The number of sulfonamides is 1. The first kappa shape index (κ1) is 47.4. The van der Waals surface area contributed by atoms with Gasteiger partial charge >= 0.3 is 0 Å². The maximum absolute atomic E-state index is 14.0. The van der Waals surface area contributed by atoms with Crippen LogP contribution in [0.3, 0.4) is 0 Å². The number of halogens is 1. The molecule has 4 heterocycles. The molecule has 3 N–H and O–H groups in total. The number of carbonyl (C=O) groups is 1. The zero-order chi connectivity index (χ0) is 46.8. The lowest BCUT2D eigenvalue weighted by Crippen LogP contribution is -2.47. The summed E-state index contributed by atoms with van der Waals surface area (Å²) in [4.78, 5) is 39.4. The molecule has 2 saturated heterocycles. The maximum atomic E-state index is 14.0. The molecular formula is C48H57ClN7O8PS. The fourth-order valence-electron chi connectivity index (χ4n) is 9.29. The third-order valence-electron chi connectivity index (χ3n) is 13.3. The van der Waals surface area contributed by atoms with Crippen molar-refractivity contribution in [3.05, 3.63) is 123 Å². The molecule has 1 aliphatic carbocycles. The number of H-pyrrole nitrogens is 1. The van der Waals surface area contributed by atoms with Crippen molar-refractivity contribution in [3.8, 4) is 11.5 Å². The van der Waals surface area contributed by atoms with Gasteiger partial charge in [0, 0.05) is 104 Å². The second-order valence-corrected chi connectivity index (χ2v) is 24.3. The highest BCUT2D eigenvalue weighted by Gasteiger charge is 2.32. The molecule has 0 bridgehead atoms. The molecule has 0 spiro atoms. The van der Waals surface area contributed by atoms with Crippen molar-refractivity contribution in [3.63, 3.8) is 0 Å². The number of amides is 1. The molecule has 5 aromatic rings. The minimum Gasteiger partial charge on any atom is -0.455 e. The van der Waals surface area contributed by atoms with E-state index in [4.69, 9.17) is 16.3 Å². The Labute approximate surface area is 390 Å². The first-order valence-electron chi connectivity index (χ1n) is 22.4. The number of nitrogens with zero attached hydrogens (tertiary/aromatic N) is 5. The fraction of sp³-hybridized carbons (Fsp3) is 0.417. The quantitative estimate of drug-likeness (QED) is 0.0517. The Balaban J connectivity index is 0.989. The Bertz CT molecular complexity index is 2800. The third-order valence-corrected chi connectivity index (χ3v) is 17.2. The summed E-state index contributed by atoms with van der Waals surface area (Å²) >= 11 is 6.25. The van der Waals surface area contributed by atoms with E-state index in [1.54, 1.807) is 31.1 Å². The molecule has 1 amide bonds. The predicted octanol–water partition coefficient (Wildman–Crippen LogP) is 8.42. The first-order valence-corrected chi connectivity index (χ1v) is 26.8. The van der Waals surface area contributed by atoms with Crippen LogP contribution in [0, 0.1) is 15.5 Å². The molecule has 66 heavy (non-hydrogen) atoms. The minimum absolute atomic E-state index is 0.0599. The normalized spacial score (nSPS) is 18.6. The Morgan fingerprint density at radius 3 is 2.48 bits per heavy atom. The van der Waals surface area contributed by atoms with Crippen molar-refractivity contribution in [2.75, 3.05) is 76.3 Å². The minimum atomic E-state index is -4.61. The van der Waals surface area contributed by atoms with Crippen molar-refractivity contribution in [1.29, 1.82) is 0 Å². The average Bonchev–Trinajstić information content (AvgIpc) is 3.76. The van der Waals surface area contributed by atoms with Gasteiger partial charge in [-0.25, -0.2) is 18.1 Å². The number of aromatic nitrogens is 2. The maximum Gasteiger partial charge on any atom is 0.273 e. The second kappa shape index (κ2) is 19.6. The second-order valence-electron chi connectivity index (χ2n) is 18.7.